The molecule has 1 aromatic carbocycles. The van der Waals surface area contributed by atoms with Crippen LogP contribution in [0.5, 0.6) is 0 Å². The third kappa shape index (κ3) is 3.51. The van der Waals surface area contributed by atoms with Crippen LogP contribution in [0.25, 0.3) is 5.69 Å². The van der Waals surface area contributed by atoms with Gasteiger partial charge < -0.3 is 11.1 Å². The van der Waals surface area contributed by atoms with E-state index in [1.807, 2.05) is 55.1 Å². The molecule has 3 unspecified atom stereocenters. The molecule has 1 amide bonds. The first-order chi connectivity index (χ1) is 11.5. The number of carbonyl (C=O) groups is 1. The first kappa shape index (κ1) is 16.7. The van der Waals surface area contributed by atoms with Crippen molar-refractivity contribution in [2.24, 2.45) is 11.7 Å². The van der Waals surface area contributed by atoms with Crippen LogP contribution < -0.4 is 11.1 Å². The van der Waals surface area contributed by atoms with Crippen LogP contribution in [0.15, 0.2) is 42.7 Å². The highest BCUT2D eigenvalue weighted by Crippen LogP contribution is 2.32. The fourth-order valence-corrected chi connectivity index (χ4v) is 3.52. The number of aromatic nitrogens is 2. The summed E-state index contributed by atoms with van der Waals surface area (Å²) in [5.74, 6) is -0.0274. The van der Waals surface area contributed by atoms with E-state index < -0.39 is 5.54 Å². The van der Waals surface area contributed by atoms with Gasteiger partial charge in [0.05, 0.1) is 17.6 Å². The predicted molar refractivity (Wildman–Crippen MR) is 94.7 cm³/mol. The predicted octanol–water partition coefficient (Wildman–Crippen LogP) is 2.96. The molecule has 0 spiro atoms. The fourth-order valence-electron chi connectivity index (χ4n) is 3.52. The van der Waals surface area contributed by atoms with Gasteiger partial charge in [0.25, 0.3) is 0 Å². The maximum Gasteiger partial charge on any atom is 0.225 e. The van der Waals surface area contributed by atoms with E-state index in [4.69, 9.17) is 5.73 Å². The Labute approximate surface area is 143 Å². The molecule has 2 aromatic rings. The maximum absolute atomic E-state index is 12.6. The number of nitrogens with zero attached hydrogens (tertiary/aromatic N) is 2. The second kappa shape index (κ2) is 6.77. The molecule has 0 aliphatic heterocycles. The molecule has 1 fully saturated rings. The van der Waals surface area contributed by atoms with Crippen LogP contribution in [0.4, 0.5) is 0 Å². The van der Waals surface area contributed by atoms with E-state index in [0.29, 0.717) is 0 Å². The number of carbonyl (C=O) groups excluding carboxylic acids is 1. The third-order valence-corrected chi connectivity index (χ3v) is 5.09. The zero-order valence-electron chi connectivity index (χ0n) is 14.4. The fraction of sp³-hybridized carbons (Fsp3) is 0.474. The van der Waals surface area contributed by atoms with Crippen molar-refractivity contribution >= 4 is 5.91 Å². The number of amides is 1. The molecule has 0 radical (unpaired) electrons. The average Bonchev–Trinajstić information content (AvgIpc) is 3.09. The Balaban J connectivity index is 1.66. The van der Waals surface area contributed by atoms with Crippen LogP contribution in [0.1, 0.15) is 51.1 Å². The average molecular weight is 326 g/mol. The van der Waals surface area contributed by atoms with Gasteiger partial charge in [-0.3, -0.25) is 4.79 Å². The summed E-state index contributed by atoms with van der Waals surface area (Å²) in [7, 11) is 0. The van der Waals surface area contributed by atoms with Crippen LogP contribution in [0.2, 0.25) is 0 Å². The smallest absolute Gasteiger partial charge is 0.225 e. The summed E-state index contributed by atoms with van der Waals surface area (Å²) in [6.45, 7) is 4.01. The Hall–Kier alpha value is -2.14. The lowest BCUT2D eigenvalue weighted by atomic mass is 9.74. The molecule has 1 aromatic heterocycles. The Bertz CT molecular complexity index is 676. The van der Waals surface area contributed by atoms with Gasteiger partial charge in [-0.15, -0.1) is 0 Å². The standard InChI is InChI=1S/C19H26N4O/c1-14(22-18(24)17-6-3-4-11-19(17,2)20)15-7-9-16(10-8-15)23-13-5-12-21-23/h5,7-10,12-14,17H,3-4,6,11,20H2,1-2H3,(H,22,24). The number of hydrogen-bond acceptors (Lipinski definition) is 3. The van der Waals surface area contributed by atoms with E-state index in [9.17, 15) is 4.79 Å². The van der Waals surface area contributed by atoms with Crippen LogP contribution in [-0.2, 0) is 4.79 Å². The lowest BCUT2D eigenvalue weighted by molar-refractivity contribution is -0.128. The summed E-state index contributed by atoms with van der Waals surface area (Å²) in [4.78, 5) is 12.6. The van der Waals surface area contributed by atoms with Crippen molar-refractivity contribution in [1.82, 2.24) is 15.1 Å². The summed E-state index contributed by atoms with van der Waals surface area (Å²) in [5, 5.41) is 7.35. The van der Waals surface area contributed by atoms with Gasteiger partial charge in [-0.05, 0) is 50.5 Å². The molecule has 3 atom stereocenters. The zero-order chi connectivity index (χ0) is 17.2. The van der Waals surface area contributed by atoms with Crippen molar-refractivity contribution in [3.8, 4) is 5.69 Å². The SMILES string of the molecule is CC(NC(=O)C1CCCCC1(C)N)c1ccc(-n2cccn2)cc1. The number of benzene rings is 1. The summed E-state index contributed by atoms with van der Waals surface area (Å²) in [6.07, 6.45) is 7.65. The van der Waals surface area contributed by atoms with E-state index in [0.717, 1.165) is 36.9 Å². The van der Waals surface area contributed by atoms with Gasteiger partial charge in [-0.2, -0.15) is 5.10 Å². The minimum Gasteiger partial charge on any atom is -0.349 e. The van der Waals surface area contributed by atoms with Crippen LogP contribution in [0, 0.1) is 5.92 Å². The molecule has 5 nitrogen and oxygen atoms in total. The summed E-state index contributed by atoms with van der Waals surface area (Å²) in [5.41, 5.74) is 8.03. The van der Waals surface area contributed by atoms with Crippen LogP contribution in [0.3, 0.4) is 0 Å². The highest BCUT2D eigenvalue weighted by molar-refractivity contribution is 5.80. The van der Waals surface area contributed by atoms with E-state index in [2.05, 4.69) is 10.4 Å². The van der Waals surface area contributed by atoms with Gasteiger partial charge in [0.2, 0.25) is 5.91 Å². The van der Waals surface area contributed by atoms with E-state index in [-0.39, 0.29) is 17.9 Å². The first-order valence-corrected chi connectivity index (χ1v) is 8.66. The van der Waals surface area contributed by atoms with Gasteiger partial charge in [-0.25, -0.2) is 4.68 Å². The molecule has 5 heteroatoms. The molecule has 0 saturated heterocycles. The number of nitrogens with one attached hydrogen (secondary N) is 1. The Kier molecular flexibility index (Phi) is 4.71. The summed E-state index contributed by atoms with van der Waals surface area (Å²) in [6, 6.07) is 9.94. The van der Waals surface area contributed by atoms with Crippen molar-refractivity contribution in [2.75, 3.05) is 0 Å². The van der Waals surface area contributed by atoms with E-state index in [1.54, 1.807) is 6.20 Å². The molecule has 24 heavy (non-hydrogen) atoms. The second-order valence-electron chi connectivity index (χ2n) is 7.08. The van der Waals surface area contributed by atoms with E-state index >= 15 is 0 Å². The highest BCUT2D eigenvalue weighted by atomic mass is 16.2. The molecular formula is C19H26N4O. The quantitative estimate of drug-likeness (QED) is 0.907. The summed E-state index contributed by atoms with van der Waals surface area (Å²) >= 11 is 0. The molecule has 0 bridgehead atoms. The lowest BCUT2D eigenvalue weighted by Gasteiger charge is -2.37. The first-order valence-electron chi connectivity index (χ1n) is 8.66. The lowest BCUT2D eigenvalue weighted by Crippen LogP contribution is -2.53. The molecule has 1 aliphatic rings. The molecule has 1 aliphatic carbocycles. The van der Waals surface area contributed by atoms with Crippen LogP contribution >= 0.6 is 0 Å². The van der Waals surface area contributed by atoms with Gasteiger partial charge in [0.15, 0.2) is 0 Å². The van der Waals surface area contributed by atoms with Gasteiger partial charge >= 0.3 is 0 Å². The Morgan fingerprint density at radius 2 is 2.12 bits per heavy atom. The number of hydrogen-bond donors (Lipinski definition) is 2. The van der Waals surface area contributed by atoms with Gasteiger partial charge in [-0.1, -0.05) is 25.0 Å². The maximum atomic E-state index is 12.6. The van der Waals surface area contributed by atoms with Crippen molar-refractivity contribution in [3.05, 3.63) is 48.3 Å². The second-order valence-corrected chi connectivity index (χ2v) is 7.08. The monoisotopic (exact) mass is 326 g/mol. The van der Waals surface area contributed by atoms with Crippen LogP contribution in [-0.4, -0.2) is 21.2 Å². The number of nitrogens with two attached hydrogens (primary N) is 1. The third-order valence-electron chi connectivity index (χ3n) is 5.09. The molecule has 3 N–H and O–H groups in total. The molecular weight excluding hydrogens is 300 g/mol. The Morgan fingerprint density at radius 3 is 2.75 bits per heavy atom. The van der Waals surface area contributed by atoms with E-state index in [1.165, 1.54) is 0 Å². The topological polar surface area (TPSA) is 72.9 Å². The normalized spacial score (nSPS) is 25.2. The minimum atomic E-state index is -0.397. The molecule has 3 rings (SSSR count). The van der Waals surface area contributed by atoms with Gasteiger partial charge in [0, 0.05) is 17.9 Å². The minimum absolute atomic E-state index is 0.0399. The zero-order valence-corrected chi connectivity index (χ0v) is 14.4. The number of rotatable bonds is 4. The molecule has 1 saturated carbocycles. The van der Waals surface area contributed by atoms with Crippen molar-refractivity contribution in [3.63, 3.8) is 0 Å². The molecule has 128 valence electrons. The van der Waals surface area contributed by atoms with Crippen molar-refractivity contribution < 1.29 is 4.79 Å². The largest absolute Gasteiger partial charge is 0.349 e. The van der Waals surface area contributed by atoms with Crippen molar-refractivity contribution in [1.29, 1.82) is 0 Å². The van der Waals surface area contributed by atoms with Crippen molar-refractivity contribution in [2.45, 2.75) is 51.1 Å². The molecule has 1 heterocycles. The highest BCUT2D eigenvalue weighted by Gasteiger charge is 2.38. The Morgan fingerprint density at radius 1 is 1.38 bits per heavy atom. The summed E-state index contributed by atoms with van der Waals surface area (Å²) < 4.78 is 1.81. The van der Waals surface area contributed by atoms with Gasteiger partial charge in [0.1, 0.15) is 0 Å².